The summed E-state index contributed by atoms with van der Waals surface area (Å²) in [7, 11) is 0. The number of oxime groups is 1. The summed E-state index contributed by atoms with van der Waals surface area (Å²) < 4.78 is 5.69. The van der Waals surface area contributed by atoms with E-state index in [2.05, 4.69) is 19.0 Å². The molecule has 0 aliphatic rings. The van der Waals surface area contributed by atoms with Crippen molar-refractivity contribution < 1.29 is 15.1 Å². The van der Waals surface area contributed by atoms with Gasteiger partial charge in [-0.25, -0.2) is 0 Å². The van der Waals surface area contributed by atoms with E-state index in [0.717, 1.165) is 25.7 Å². The van der Waals surface area contributed by atoms with Crippen LogP contribution in [-0.2, 0) is 0 Å². The third-order valence-corrected chi connectivity index (χ3v) is 4.68. The lowest BCUT2D eigenvalue weighted by Crippen LogP contribution is -2.03. The standard InChI is InChI=1S/C22H37NO3/c1-3-5-7-8-9-10-11-12-13-14-21(23-25)20-18-19(15-16-22(20)24)26-17-6-4-2/h15-16,18,24-25H,3-14,17H2,1-2H3/b23-21+. The Balaban J connectivity index is 2.37. The highest BCUT2D eigenvalue weighted by atomic mass is 16.5. The monoisotopic (exact) mass is 363 g/mol. The molecule has 1 aromatic carbocycles. The van der Waals surface area contributed by atoms with Gasteiger partial charge in [0.1, 0.15) is 11.5 Å². The second-order valence-electron chi connectivity index (χ2n) is 7.01. The van der Waals surface area contributed by atoms with E-state index in [1.807, 2.05) is 0 Å². The molecule has 0 saturated carbocycles. The Morgan fingerprint density at radius 3 is 2.12 bits per heavy atom. The number of hydrogen-bond donors (Lipinski definition) is 2. The zero-order valence-electron chi connectivity index (χ0n) is 16.7. The van der Waals surface area contributed by atoms with E-state index in [1.54, 1.807) is 18.2 Å². The number of unbranched alkanes of at least 4 members (excludes halogenated alkanes) is 9. The SMILES string of the molecule is CCCCCCCCCCC/C(=N\O)c1cc(OCCCC)ccc1O. The van der Waals surface area contributed by atoms with E-state index >= 15 is 0 Å². The quantitative estimate of drug-likeness (QED) is 0.158. The van der Waals surface area contributed by atoms with Gasteiger partial charge in [0.2, 0.25) is 0 Å². The van der Waals surface area contributed by atoms with E-state index < -0.39 is 0 Å². The van der Waals surface area contributed by atoms with Crippen LogP contribution in [0.15, 0.2) is 23.4 Å². The first-order chi connectivity index (χ1) is 12.7. The Kier molecular flexibility index (Phi) is 12.4. The minimum atomic E-state index is 0.136. The van der Waals surface area contributed by atoms with E-state index in [0.29, 0.717) is 30.1 Å². The molecule has 0 fully saturated rings. The Hall–Kier alpha value is -1.71. The fourth-order valence-electron chi connectivity index (χ4n) is 3.01. The fourth-order valence-corrected chi connectivity index (χ4v) is 3.01. The van der Waals surface area contributed by atoms with Crippen LogP contribution in [-0.4, -0.2) is 22.6 Å². The second-order valence-corrected chi connectivity index (χ2v) is 7.01. The summed E-state index contributed by atoms with van der Waals surface area (Å²) in [5.74, 6) is 0.844. The molecule has 26 heavy (non-hydrogen) atoms. The molecule has 148 valence electrons. The molecule has 1 aromatic rings. The molecule has 0 aliphatic heterocycles. The fraction of sp³-hybridized carbons (Fsp3) is 0.682. The van der Waals surface area contributed by atoms with Crippen LogP contribution >= 0.6 is 0 Å². The van der Waals surface area contributed by atoms with Crippen molar-refractivity contribution >= 4 is 5.71 Å². The minimum Gasteiger partial charge on any atom is -0.507 e. The summed E-state index contributed by atoms with van der Waals surface area (Å²) in [6.07, 6.45) is 14.0. The van der Waals surface area contributed by atoms with Gasteiger partial charge in [0.05, 0.1) is 12.3 Å². The number of benzene rings is 1. The van der Waals surface area contributed by atoms with Crippen LogP contribution in [0.1, 0.15) is 96.5 Å². The van der Waals surface area contributed by atoms with Crippen molar-refractivity contribution in [1.82, 2.24) is 0 Å². The molecule has 0 saturated heterocycles. The van der Waals surface area contributed by atoms with Gasteiger partial charge in [0, 0.05) is 5.56 Å². The largest absolute Gasteiger partial charge is 0.507 e. The summed E-state index contributed by atoms with van der Waals surface area (Å²) in [5.41, 5.74) is 1.10. The Labute approximate surface area is 159 Å². The first-order valence-electron chi connectivity index (χ1n) is 10.4. The first kappa shape index (κ1) is 22.3. The first-order valence-corrected chi connectivity index (χ1v) is 10.4. The molecule has 0 aromatic heterocycles. The topological polar surface area (TPSA) is 62.1 Å². The van der Waals surface area contributed by atoms with E-state index in [-0.39, 0.29) is 5.75 Å². The Bertz CT molecular complexity index is 514. The third-order valence-electron chi connectivity index (χ3n) is 4.68. The second kappa shape index (κ2) is 14.5. The van der Waals surface area contributed by atoms with Crippen molar-refractivity contribution in [1.29, 1.82) is 0 Å². The van der Waals surface area contributed by atoms with Crippen molar-refractivity contribution in [2.45, 2.75) is 90.9 Å². The maximum Gasteiger partial charge on any atom is 0.125 e. The van der Waals surface area contributed by atoms with Crippen LogP contribution < -0.4 is 4.74 Å². The number of rotatable bonds is 15. The Morgan fingerprint density at radius 1 is 0.885 bits per heavy atom. The maximum absolute atomic E-state index is 10.1. The molecule has 0 amide bonds. The molecule has 0 bridgehead atoms. The lowest BCUT2D eigenvalue weighted by Gasteiger charge is -2.11. The van der Waals surface area contributed by atoms with E-state index in [9.17, 15) is 10.3 Å². The van der Waals surface area contributed by atoms with Crippen LogP contribution in [0.5, 0.6) is 11.5 Å². The predicted octanol–water partition coefficient (Wildman–Crippen LogP) is 6.67. The van der Waals surface area contributed by atoms with Crippen molar-refractivity contribution in [3.8, 4) is 11.5 Å². The van der Waals surface area contributed by atoms with Crippen LogP contribution in [0.2, 0.25) is 0 Å². The number of nitrogens with zero attached hydrogens (tertiary/aromatic N) is 1. The van der Waals surface area contributed by atoms with Gasteiger partial charge < -0.3 is 15.1 Å². The number of phenolic OH excluding ortho intramolecular Hbond substituents is 1. The van der Waals surface area contributed by atoms with Gasteiger partial charge in [-0.2, -0.15) is 0 Å². The molecular weight excluding hydrogens is 326 g/mol. The molecule has 0 spiro atoms. The minimum absolute atomic E-state index is 0.136. The average molecular weight is 364 g/mol. The molecule has 0 atom stereocenters. The third kappa shape index (κ3) is 9.12. The van der Waals surface area contributed by atoms with E-state index in [4.69, 9.17) is 4.74 Å². The van der Waals surface area contributed by atoms with Gasteiger partial charge in [0.25, 0.3) is 0 Å². The van der Waals surface area contributed by atoms with Gasteiger partial charge in [-0.1, -0.05) is 76.8 Å². The van der Waals surface area contributed by atoms with Crippen molar-refractivity contribution in [3.05, 3.63) is 23.8 Å². The summed E-state index contributed by atoms with van der Waals surface area (Å²) >= 11 is 0. The molecule has 0 unspecified atom stereocenters. The zero-order chi connectivity index (χ0) is 19.0. The van der Waals surface area contributed by atoms with Crippen molar-refractivity contribution in [2.75, 3.05) is 6.61 Å². The summed E-state index contributed by atoms with van der Waals surface area (Å²) in [5, 5.41) is 22.9. The summed E-state index contributed by atoms with van der Waals surface area (Å²) in [6, 6.07) is 5.13. The van der Waals surface area contributed by atoms with Crippen LogP contribution in [0.4, 0.5) is 0 Å². The normalized spacial score (nSPS) is 11.7. The molecule has 0 heterocycles. The molecule has 0 aliphatic carbocycles. The van der Waals surface area contributed by atoms with Gasteiger partial charge in [-0.05, 0) is 37.5 Å². The molecule has 0 radical (unpaired) electrons. The smallest absolute Gasteiger partial charge is 0.125 e. The highest BCUT2D eigenvalue weighted by molar-refractivity contribution is 6.02. The molecule has 1 rings (SSSR count). The van der Waals surface area contributed by atoms with Crippen molar-refractivity contribution in [2.24, 2.45) is 5.16 Å². The number of hydrogen-bond acceptors (Lipinski definition) is 4. The number of aromatic hydroxyl groups is 1. The highest BCUT2D eigenvalue weighted by Gasteiger charge is 2.11. The lowest BCUT2D eigenvalue weighted by molar-refractivity contribution is 0.308. The van der Waals surface area contributed by atoms with Crippen molar-refractivity contribution in [3.63, 3.8) is 0 Å². The summed E-state index contributed by atoms with van der Waals surface area (Å²) in [6.45, 7) is 5.02. The average Bonchev–Trinajstić information content (AvgIpc) is 2.65. The van der Waals surface area contributed by atoms with Gasteiger partial charge >= 0.3 is 0 Å². The van der Waals surface area contributed by atoms with Crippen LogP contribution in [0, 0.1) is 0 Å². The van der Waals surface area contributed by atoms with E-state index in [1.165, 1.54) is 44.9 Å². The predicted molar refractivity (Wildman–Crippen MR) is 109 cm³/mol. The lowest BCUT2D eigenvalue weighted by atomic mass is 10.0. The summed E-state index contributed by atoms with van der Waals surface area (Å²) in [4.78, 5) is 0. The molecular formula is C22H37NO3. The maximum atomic E-state index is 10.1. The zero-order valence-corrected chi connectivity index (χ0v) is 16.7. The molecule has 4 nitrogen and oxygen atoms in total. The van der Waals surface area contributed by atoms with Crippen LogP contribution in [0.25, 0.3) is 0 Å². The van der Waals surface area contributed by atoms with Gasteiger partial charge in [-0.15, -0.1) is 0 Å². The highest BCUT2D eigenvalue weighted by Crippen LogP contribution is 2.26. The number of phenols is 1. The van der Waals surface area contributed by atoms with Gasteiger partial charge in [-0.3, -0.25) is 0 Å². The van der Waals surface area contributed by atoms with Gasteiger partial charge in [0.15, 0.2) is 0 Å². The molecule has 2 N–H and O–H groups in total. The molecule has 4 heteroatoms. The van der Waals surface area contributed by atoms with Crippen LogP contribution in [0.3, 0.4) is 0 Å². The number of ether oxygens (including phenoxy) is 1. The Morgan fingerprint density at radius 2 is 1.50 bits per heavy atom.